The summed E-state index contributed by atoms with van der Waals surface area (Å²) in [6.45, 7) is 2.80. The molecule has 3 nitrogen and oxygen atoms in total. The lowest BCUT2D eigenvalue weighted by Gasteiger charge is -2.55. The third-order valence-corrected chi connectivity index (χ3v) is 10.8. The summed E-state index contributed by atoms with van der Waals surface area (Å²) >= 11 is 0. The molecule has 2 saturated carbocycles. The molecule has 184 valence electrons. The van der Waals surface area contributed by atoms with Crippen molar-refractivity contribution in [3.8, 4) is 0 Å². The average Bonchev–Trinajstić information content (AvgIpc) is 3.38. The zero-order valence-electron chi connectivity index (χ0n) is 21.1. The van der Waals surface area contributed by atoms with Crippen LogP contribution >= 0.6 is 0 Å². The molecule has 4 heteroatoms. The Bertz CT molecular complexity index is 1240. The normalized spacial score (nSPS) is 39.7. The summed E-state index contributed by atoms with van der Waals surface area (Å²) in [5.74, 6) is 1.09. The van der Waals surface area contributed by atoms with Crippen molar-refractivity contribution in [3.05, 3.63) is 65.5 Å². The van der Waals surface area contributed by atoms with Crippen LogP contribution in [0.25, 0.3) is 10.8 Å². The fourth-order valence-electron chi connectivity index (χ4n) is 8.94. The van der Waals surface area contributed by atoms with Crippen LogP contribution in [0.3, 0.4) is 0 Å². The predicted molar refractivity (Wildman–Crippen MR) is 138 cm³/mol. The van der Waals surface area contributed by atoms with Crippen LogP contribution in [0.2, 0.25) is 0 Å². The van der Waals surface area contributed by atoms with Gasteiger partial charge in [-0.15, -0.1) is 0 Å². The van der Waals surface area contributed by atoms with Crippen molar-refractivity contribution in [2.45, 2.75) is 81.5 Å². The molecule has 3 heterocycles. The molecular weight excluding hydrogens is 435 g/mol. The molecule has 7 rings (SSSR count). The molecule has 1 saturated heterocycles. The molecule has 0 radical (unpaired) electrons. The van der Waals surface area contributed by atoms with Gasteiger partial charge < -0.3 is 9.64 Å². The third kappa shape index (κ3) is 3.05. The lowest BCUT2D eigenvalue weighted by molar-refractivity contribution is -0.140. The van der Waals surface area contributed by atoms with Crippen molar-refractivity contribution in [2.24, 2.45) is 11.3 Å². The monoisotopic (exact) mass is 472 g/mol. The first-order valence-corrected chi connectivity index (χ1v) is 13.7. The van der Waals surface area contributed by atoms with E-state index in [9.17, 15) is 4.39 Å². The molecule has 2 aromatic rings. The quantitative estimate of drug-likeness (QED) is 0.492. The van der Waals surface area contributed by atoms with Crippen molar-refractivity contribution < 1.29 is 9.13 Å². The van der Waals surface area contributed by atoms with E-state index >= 15 is 0 Å². The Kier molecular flexibility index (Phi) is 4.90. The van der Waals surface area contributed by atoms with E-state index in [2.05, 4.69) is 60.3 Å². The van der Waals surface area contributed by atoms with Crippen molar-refractivity contribution in [3.63, 3.8) is 0 Å². The zero-order chi connectivity index (χ0) is 23.8. The fourth-order valence-corrected chi connectivity index (χ4v) is 8.94. The van der Waals surface area contributed by atoms with E-state index in [0.29, 0.717) is 24.4 Å². The predicted octanol–water partition coefficient (Wildman–Crippen LogP) is 6.75. The van der Waals surface area contributed by atoms with Gasteiger partial charge in [-0.2, -0.15) is 0 Å². The number of benzene rings is 1. The van der Waals surface area contributed by atoms with Gasteiger partial charge in [0, 0.05) is 30.4 Å². The molecule has 1 aromatic heterocycles. The molecule has 6 atom stereocenters. The second-order valence-electron chi connectivity index (χ2n) is 12.3. The molecule has 3 fully saturated rings. The second kappa shape index (κ2) is 7.73. The number of aromatic nitrogens is 1. The molecular formula is C31H37FN2O. The van der Waals surface area contributed by atoms with Crippen molar-refractivity contribution >= 4 is 10.8 Å². The number of halogens is 1. The first-order chi connectivity index (χ1) is 17.0. The molecule has 0 unspecified atom stereocenters. The Labute approximate surface area is 208 Å². The maximum Gasteiger partial charge on any atom is 0.102 e. The van der Waals surface area contributed by atoms with Gasteiger partial charge in [0.25, 0.3) is 0 Å². The average molecular weight is 473 g/mol. The first-order valence-electron chi connectivity index (χ1n) is 13.7. The van der Waals surface area contributed by atoms with Crippen LogP contribution in [0.4, 0.5) is 4.39 Å². The summed E-state index contributed by atoms with van der Waals surface area (Å²) in [6.07, 6.45) is 18.0. The number of ether oxygens (including phenoxy) is 1. The topological polar surface area (TPSA) is 25.4 Å². The van der Waals surface area contributed by atoms with Gasteiger partial charge in [0.15, 0.2) is 0 Å². The van der Waals surface area contributed by atoms with Gasteiger partial charge in [-0.1, -0.05) is 31.2 Å². The summed E-state index contributed by atoms with van der Waals surface area (Å²) in [6, 6.07) is 9.55. The van der Waals surface area contributed by atoms with Gasteiger partial charge in [0.2, 0.25) is 0 Å². The fraction of sp³-hybridized carbons (Fsp3) is 0.581. The molecule has 0 amide bonds. The smallest absolute Gasteiger partial charge is 0.102 e. The number of hydrogen-bond acceptors (Lipinski definition) is 3. The molecule has 2 bridgehead atoms. The highest BCUT2D eigenvalue weighted by molar-refractivity contribution is 5.82. The number of fused-ring (bicyclic) bond motifs is 2. The number of rotatable bonds is 4. The highest BCUT2D eigenvalue weighted by Crippen LogP contribution is 2.69. The van der Waals surface area contributed by atoms with Crippen molar-refractivity contribution in [1.82, 2.24) is 9.88 Å². The third-order valence-electron chi connectivity index (χ3n) is 10.8. The number of nitrogens with zero attached hydrogens (tertiary/aromatic N) is 2. The molecule has 3 aliphatic carbocycles. The van der Waals surface area contributed by atoms with Crippen LogP contribution in [0, 0.1) is 11.3 Å². The lowest BCUT2D eigenvalue weighted by Crippen LogP contribution is -2.55. The summed E-state index contributed by atoms with van der Waals surface area (Å²) in [5.41, 5.74) is 4.40. The summed E-state index contributed by atoms with van der Waals surface area (Å²) < 4.78 is 20.5. The minimum atomic E-state index is -0.271. The van der Waals surface area contributed by atoms with Crippen LogP contribution in [0.1, 0.15) is 69.8 Å². The van der Waals surface area contributed by atoms with E-state index in [1.54, 1.807) is 0 Å². The number of pyridine rings is 1. The van der Waals surface area contributed by atoms with Gasteiger partial charge in [-0.25, -0.2) is 4.39 Å². The Balaban J connectivity index is 1.24. The van der Waals surface area contributed by atoms with Gasteiger partial charge in [-0.05, 0) is 110 Å². The number of alkyl halides is 1. The van der Waals surface area contributed by atoms with Crippen molar-refractivity contribution in [2.75, 3.05) is 20.3 Å². The molecule has 5 aliphatic rings. The first kappa shape index (κ1) is 22.2. The van der Waals surface area contributed by atoms with Crippen molar-refractivity contribution in [1.29, 1.82) is 0 Å². The standard InChI is InChI=1S/C31H37FN2O/c1-29-11-9-25-18-24-5-6-26(34(2)16-14-32)19-30(24)12-13-31(25,35-30)28(29)8-7-27(29)22-4-3-21-10-15-33-20-23(21)17-22/h3-4,9-10,15,17-18,20,26-28H,5-8,11-14,16,19H2,1-2H3/t26-,27+,28+,29+,30+,31+/m0/s1. The van der Waals surface area contributed by atoms with Gasteiger partial charge in [-0.3, -0.25) is 4.98 Å². The maximum absolute atomic E-state index is 13.1. The molecule has 2 aliphatic heterocycles. The maximum atomic E-state index is 13.1. The second-order valence-corrected chi connectivity index (χ2v) is 12.3. The highest BCUT2D eigenvalue weighted by atomic mass is 19.1. The van der Waals surface area contributed by atoms with Gasteiger partial charge in [0.1, 0.15) is 6.67 Å². The highest BCUT2D eigenvalue weighted by Gasteiger charge is 2.66. The molecule has 35 heavy (non-hydrogen) atoms. The Hall–Kier alpha value is -2.04. The summed E-state index contributed by atoms with van der Waals surface area (Å²) in [5, 5.41) is 2.51. The van der Waals surface area contributed by atoms with E-state index < -0.39 is 0 Å². The van der Waals surface area contributed by atoms with E-state index in [1.807, 2.05) is 12.4 Å². The molecule has 1 aromatic carbocycles. The van der Waals surface area contributed by atoms with Crippen LogP contribution in [-0.2, 0) is 4.74 Å². The van der Waals surface area contributed by atoms with Crippen LogP contribution in [-0.4, -0.2) is 47.4 Å². The summed E-state index contributed by atoms with van der Waals surface area (Å²) in [7, 11) is 2.09. The lowest BCUT2D eigenvalue weighted by atomic mass is 9.58. The number of hydrogen-bond donors (Lipinski definition) is 0. The molecule has 2 spiro atoms. The minimum absolute atomic E-state index is 0.129. The molecule has 0 N–H and O–H groups in total. The van der Waals surface area contributed by atoms with Crippen LogP contribution in [0.5, 0.6) is 0 Å². The Morgan fingerprint density at radius 2 is 2.06 bits per heavy atom. The zero-order valence-corrected chi connectivity index (χ0v) is 21.1. The van der Waals surface area contributed by atoms with E-state index in [4.69, 9.17) is 4.74 Å². The van der Waals surface area contributed by atoms with Crippen LogP contribution in [0.15, 0.2) is 60.0 Å². The Morgan fingerprint density at radius 1 is 1.14 bits per heavy atom. The minimum Gasteiger partial charge on any atom is -0.359 e. The van der Waals surface area contributed by atoms with Gasteiger partial charge >= 0.3 is 0 Å². The SMILES string of the molecule is CN(CCF)[C@H]1CCC2=CC3=CC[C@]4(C)[C@@H](c5ccc6ccncc6c5)CC[C@H]4[C@@]34CC[C@]2(C1)O4. The number of allylic oxidation sites excluding steroid dienone is 1. The Morgan fingerprint density at radius 3 is 2.94 bits per heavy atom. The van der Waals surface area contributed by atoms with E-state index in [1.165, 1.54) is 40.3 Å². The van der Waals surface area contributed by atoms with Gasteiger partial charge in [0.05, 0.1) is 11.2 Å². The summed E-state index contributed by atoms with van der Waals surface area (Å²) in [4.78, 5) is 6.60. The van der Waals surface area contributed by atoms with Crippen LogP contribution < -0.4 is 0 Å². The van der Waals surface area contributed by atoms with E-state index in [-0.39, 0.29) is 23.3 Å². The van der Waals surface area contributed by atoms with E-state index in [0.717, 1.165) is 38.5 Å². The largest absolute Gasteiger partial charge is 0.359 e.